The summed E-state index contributed by atoms with van der Waals surface area (Å²) in [5.41, 5.74) is 1.21. The van der Waals surface area contributed by atoms with Gasteiger partial charge >= 0.3 is 0 Å². The minimum absolute atomic E-state index is 0.264. The van der Waals surface area contributed by atoms with Crippen molar-refractivity contribution in [1.82, 2.24) is 0 Å². The molecule has 0 unspecified atom stereocenters. The number of hydrogen-bond donors (Lipinski definition) is 0. The van der Waals surface area contributed by atoms with Gasteiger partial charge in [0.1, 0.15) is 0 Å². The SMILES string of the molecule is CC(C)(C)[Si](C)(C)O[C@@H](C/C=C/c1ccc(Cl)cc1)C1CCCCC1. The Hall–Kier alpha value is -0.573. The molecule has 0 heterocycles. The van der Waals surface area contributed by atoms with Crippen molar-refractivity contribution in [2.45, 2.75) is 83.5 Å². The Morgan fingerprint density at radius 2 is 1.72 bits per heavy atom. The molecule has 1 saturated carbocycles. The van der Waals surface area contributed by atoms with Gasteiger partial charge in [0.05, 0.1) is 6.10 Å². The van der Waals surface area contributed by atoms with Gasteiger partial charge in [0.15, 0.2) is 8.32 Å². The fourth-order valence-electron chi connectivity index (χ4n) is 3.31. The van der Waals surface area contributed by atoms with Gasteiger partial charge in [0.25, 0.3) is 0 Å². The van der Waals surface area contributed by atoms with Gasteiger partial charge in [-0.3, -0.25) is 0 Å². The highest BCUT2D eigenvalue weighted by Crippen LogP contribution is 2.40. The topological polar surface area (TPSA) is 9.23 Å². The Bertz CT molecular complexity index is 550. The van der Waals surface area contributed by atoms with E-state index in [-0.39, 0.29) is 5.04 Å². The van der Waals surface area contributed by atoms with Crippen molar-refractivity contribution < 1.29 is 4.43 Å². The minimum atomic E-state index is -1.74. The summed E-state index contributed by atoms with van der Waals surface area (Å²) in [6, 6.07) is 8.05. The molecule has 0 saturated heterocycles. The van der Waals surface area contributed by atoms with Gasteiger partial charge in [-0.1, -0.05) is 75.9 Å². The van der Waals surface area contributed by atoms with E-state index in [0.717, 1.165) is 17.4 Å². The van der Waals surface area contributed by atoms with Gasteiger partial charge in [-0.15, -0.1) is 0 Å². The zero-order chi connectivity index (χ0) is 18.5. The predicted molar refractivity (Wildman–Crippen MR) is 114 cm³/mol. The first-order valence-electron chi connectivity index (χ1n) is 9.79. The van der Waals surface area contributed by atoms with Crippen molar-refractivity contribution in [3.63, 3.8) is 0 Å². The lowest BCUT2D eigenvalue weighted by Crippen LogP contribution is -2.46. The van der Waals surface area contributed by atoms with Crippen LogP contribution in [0.5, 0.6) is 0 Å². The highest BCUT2D eigenvalue weighted by Gasteiger charge is 2.40. The van der Waals surface area contributed by atoms with Crippen LogP contribution >= 0.6 is 11.6 Å². The average molecular weight is 379 g/mol. The molecule has 0 aliphatic heterocycles. The van der Waals surface area contributed by atoms with Crippen LogP contribution in [0, 0.1) is 5.92 Å². The Kier molecular flexibility index (Phi) is 7.37. The van der Waals surface area contributed by atoms with E-state index in [2.05, 4.69) is 58.2 Å². The Balaban J connectivity index is 2.07. The predicted octanol–water partition coefficient (Wildman–Crippen LogP) is 7.71. The van der Waals surface area contributed by atoms with Crippen LogP contribution in [0.4, 0.5) is 0 Å². The van der Waals surface area contributed by atoms with Gasteiger partial charge in [0.2, 0.25) is 0 Å². The van der Waals surface area contributed by atoms with Crippen LogP contribution in [-0.2, 0) is 4.43 Å². The molecule has 1 aliphatic carbocycles. The second-order valence-corrected chi connectivity index (χ2v) is 14.2. The molecule has 1 atom stereocenters. The molecule has 140 valence electrons. The maximum absolute atomic E-state index is 6.87. The summed E-state index contributed by atoms with van der Waals surface area (Å²) < 4.78 is 6.87. The van der Waals surface area contributed by atoms with Crippen LogP contribution in [0.2, 0.25) is 23.2 Å². The van der Waals surface area contributed by atoms with Crippen LogP contribution in [0.15, 0.2) is 30.3 Å². The number of hydrogen-bond acceptors (Lipinski definition) is 1. The highest BCUT2D eigenvalue weighted by molar-refractivity contribution is 6.74. The molecular formula is C22H35ClOSi. The van der Waals surface area contributed by atoms with E-state index >= 15 is 0 Å². The summed E-state index contributed by atoms with van der Waals surface area (Å²) in [6.45, 7) is 11.8. The standard InChI is InChI=1S/C22H35ClOSi/c1-22(2,3)25(4,5)24-21(19-11-7-6-8-12-19)13-9-10-18-14-16-20(23)17-15-18/h9-10,14-17,19,21H,6-8,11-13H2,1-5H3/b10-9+/t21-/m0/s1. The smallest absolute Gasteiger partial charge is 0.192 e. The highest BCUT2D eigenvalue weighted by atomic mass is 35.5. The first kappa shape index (κ1) is 20.7. The summed E-state index contributed by atoms with van der Waals surface area (Å²) in [7, 11) is -1.74. The lowest BCUT2D eigenvalue weighted by molar-refractivity contribution is 0.0960. The summed E-state index contributed by atoms with van der Waals surface area (Å²) in [6.07, 6.45) is 12.7. The van der Waals surface area contributed by atoms with E-state index in [1.165, 1.54) is 37.7 Å². The van der Waals surface area contributed by atoms with Crippen molar-refractivity contribution in [3.8, 4) is 0 Å². The molecule has 0 N–H and O–H groups in total. The second kappa shape index (κ2) is 8.88. The zero-order valence-corrected chi connectivity index (χ0v) is 18.4. The van der Waals surface area contributed by atoms with Gasteiger partial charge in [-0.25, -0.2) is 0 Å². The van der Waals surface area contributed by atoms with Crippen LogP contribution < -0.4 is 0 Å². The molecule has 0 radical (unpaired) electrons. The van der Waals surface area contributed by atoms with Crippen LogP contribution in [0.1, 0.15) is 64.9 Å². The largest absolute Gasteiger partial charge is 0.413 e. The maximum atomic E-state index is 6.87. The van der Waals surface area contributed by atoms with E-state index in [1.54, 1.807) is 0 Å². The van der Waals surface area contributed by atoms with Crippen molar-refractivity contribution in [3.05, 3.63) is 40.9 Å². The zero-order valence-electron chi connectivity index (χ0n) is 16.6. The molecule has 2 rings (SSSR count). The van der Waals surface area contributed by atoms with E-state index in [0.29, 0.717) is 6.10 Å². The molecule has 1 aromatic rings. The first-order chi connectivity index (χ1) is 11.7. The number of benzene rings is 1. The molecule has 1 nitrogen and oxygen atoms in total. The lowest BCUT2D eigenvalue weighted by Gasteiger charge is -2.42. The Labute approximate surface area is 160 Å². The van der Waals surface area contributed by atoms with Gasteiger partial charge in [-0.2, -0.15) is 0 Å². The molecule has 0 aromatic heterocycles. The molecule has 1 aromatic carbocycles. The van der Waals surface area contributed by atoms with Crippen LogP contribution in [-0.4, -0.2) is 14.4 Å². The number of halogens is 1. The summed E-state index contributed by atoms with van der Waals surface area (Å²) in [5.74, 6) is 0.720. The van der Waals surface area contributed by atoms with Gasteiger partial charge in [-0.05, 0) is 61.0 Å². The normalized spacial score (nSPS) is 18.6. The molecule has 0 amide bonds. The molecular weight excluding hydrogens is 344 g/mol. The van der Waals surface area contributed by atoms with Crippen LogP contribution in [0.3, 0.4) is 0 Å². The summed E-state index contributed by atoms with van der Waals surface area (Å²) in [4.78, 5) is 0. The Morgan fingerprint density at radius 3 is 2.28 bits per heavy atom. The third-order valence-corrected chi connectivity index (χ3v) is 10.7. The molecule has 0 spiro atoms. The molecule has 25 heavy (non-hydrogen) atoms. The van der Waals surface area contributed by atoms with Crippen LogP contribution in [0.25, 0.3) is 6.08 Å². The van der Waals surface area contributed by atoms with Crippen molar-refractivity contribution in [1.29, 1.82) is 0 Å². The van der Waals surface area contributed by atoms with Gasteiger partial charge < -0.3 is 4.43 Å². The fraction of sp³-hybridized carbons (Fsp3) is 0.636. The van der Waals surface area contributed by atoms with Crippen molar-refractivity contribution in [2.24, 2.45) is 5.92 Å². The second-order valence-electron chi connectivity index (χ2n) is 9.00. The molecule has 3 heteroatoms. The van der Waals surface area contributed by atoms with E-state index in [1.807, 2.05) is 12.1 Å². The molecule has 1 aliphatic rings. The van der Waals surface area contributed by atoms with E-state index in [9.17, 15) is 0 Å². The quantitative estimate of drug-likeness (QED) is 0.460. The third-order valence-electron chi connectivity index (χ3n) is 5.98. The van der Waals surface area contributed by atoms with E-state index < -0.39 is 8.32 Å². The molecule has 0 bridgehead atoms. The lowest BCUT2D eigenvalue weighted by atomic mass is 9.84. The maximum Gasteiger partial charge on any atom is 0.192 e. The third kappa shape index (κ3) is 6.27. The minimum Gasteiger partial charge on any atom is -0.413 e. The van der Waals surface area contributed by atoms with E-state index in [4.69, 9.17) is 16.0 Å². The van der Waals surface area contributed by atoms with Gasteiger partial charge in [0, 0.05) is 5.02 Å². The number of rotatable bonds is 6. The molecule has 1 fully saturated rings. The fourth-order valence-corrected chi connectivity index (χ4v) is 4.84. The first-order valence-corrected chi connectivity index (χ1v) is 13.1. The average Bonchev–Trinajstić information content (AvgIpc) is 2.55. The van der Waals surface area contributed by atoms with Crippen molar-refractivity contribution >= 4 is 26.0 Å². The van der Waals surface area contributed by atoms with Crippen molar-refractivity contribution in [2.75, 3.05) is 0 Å². The Morgan fingerprint density at radius 1 is 1.12 bits per heavy atom. The summed E-state index contributed by atoms with van der Waals surface area (Å²) >= 11 is 5.97. The summed E-state index contributed by atoms with van der Waals surface area (Å²) in [5, 5.41) is 1.05. The monoisotopic (exact) mass is 378 g/mol.